The Bertz CT molecular complexity index is 1740. The molecule has 0 saturated heterocycles. The number of carbonyl (C=O) groups excluding carboxylic acids is 3. The number of carbonyl (C=O) groups is 3. The average Bonchev–Trinajstić information content (AvgIpc) is 3.24. The van der Waals surface area contributed by atoms with Gasteiger partial charge in [0.05, 0.1) is 27.6 Å². The Hall–Kier alpha value is -5.42. The van der Waals surface area contributed by atoms with Crippen LogP contribution >= 0.6 is 0 Å². The van der Waals surface area contributed by atoms with Gasteiger partial charge in [0.2, 0.25) is 5.75 Å². The lowest BCUT2D eigenvalue weighted by molar-refractivity contribution is -0.385. The lowest BCUT2D eigenvalue weighted by Gasteiger charge is -2.20. The van der Waals surface area contributed by atoms with Gasteiger partial charge in [-0.2, -0.15) is 8.42 Å². The van der Waals surface area contributed by atoms with Crippen LogP contribution in [0.2, 0.25) is 0 Å². The first-order valence-electron chi connectivity index (χ1n) is 13.7. The maximum absolute atomic E-state index is 12.8. The van der Waals surface area contributed by atoms with Crippen molar-refractivity contribution in [1.29, 1.82) is 0 Å². The quantitative estimate of drug-likeness (QED) is 0.0724. The van der Waals surface area contributed by atoms with Gasteiger partial charge >= 0.3 is 22.2 Å². The number of hydrogen-bond acceptors (Lipinski definition) is 13. The molecule has 0 aromatic heterocycles. The maximum atomic E-state index is 12.8. The number of nitrogens with zero attached hydrogens (tertiary/aromatic N) is 3. The molecule has 1 aliphatic heterocycles. The number of hydrogen-bond donors (Lipinski definition) is 0. The molecule has 3 aromatic rings. The van der Waals surface area contributed by atoms with E-state index < -0.39 is 55.8 Å². The highest BCUT2D eigenvalue weighted by Crippen LogP contribution is 2.35. The molecular weight excluding hydrogens is 630 g/mol. The third kappa shape index (κ3) is 8.19. The van der Waals surface area contributed by atoms with Crippen LogP contribution in [0.3, 0.4) is 0 Å². The highest BCUT2D eigenvalue weighted by atomic mass is 32.3. The topological polar surface area (TPSA) is 212 Å². The predicted octanol–water partition coefficient (Wildman–Crippen LogP) is 5.13. The number of nitro benzene ring substituents is 2. The standard InChI is InChI=1S/C29H27N3O13S/c1-18(2)17-42-46(40,41)45-26-14-9-19(16-24(26)32(38)39)25(44-29(35)43-21-12-10-20(11-13-21)31(36)37)8-5-15-30-27(33)22-6-3-4-7-23(22)28(30)34/h3-4,6-7,9-14,16,18,25H,5,8,15,17H2,1-2H3. The Kier molecular flexibility index (Phi) is 10.3. The van der Waals surface area contributed by atoms with Gasteiger partial charge in [0.1, 0.15) is 11.9 Å². The summed E-state index contributed by atoms with van der Waals surface area (Å²) in [6, 6.07) is 14.0. The van der Waals surface area contributed by atoms with E-state index in [9.17, 15) is 43.0 Å². The summed E-state index contributed by atoms with van der Waals surface area (Å²) in [5.74, 6) is -1.94. The molecular formula is C29H27N3O13S. The first-order chi connectivity index (χ1) is 21.8. The van der Waals surface area contributed by atoms with Crippen molar-refractivity contribution in [3.8, 4) is 11.5 Å². The second-order valence-corrected chi connectivity index (χ2v) is 11.5. The molecule has 0 fully saturated rings. The smallest absolute Gasteiger partial charge is 0.426 e. The molecule has 0 saturated carbocycles. The summed E-state index contributed by atoms with van der Waals surface area (Å²) in [5, 5.41) is 22.8. The van der Waals surface area contributed by atoms with Gasteiger partial charge in [0.25, 0.3) is 17.5 Å². The van der Waals surface area contributed by atoms with Gasteiger partial charge in [-0.05, 0) is 54.7 Å². The predicted molar refractivity (Wildman–Crippen MR) is 157 cm³/mol. The van der Waals surface area contributed by atoms with Crippen molar-refractivity contribution in [3.05, 3.63) is 104 Å². The molecule has 17 heteroatoms. The molecule has 0 spiro atoms. The first-order valence-corrected chi connectivity index (χ1v) is 15.0. The Balaban J connectivity index is 1.55. The largest absolute Gasteiger partial charge is 0.514 e. The summed E-state index contributed by atoms with van der Waals surface area (Å²) < 4.78 is 44.6. The van der Waals surface area contributed by atoms with Crippen LogP contribution in [0.1, 0.15) is 59.1 Å². The van der Waals surface area contributed by atoms with Crippen LogP contribution in [0.5, 0.6) is 11.5 Å². The van der Waals surface area contributed by atoms with E-state index in [0.717, 1.165) is 41.3 Å². The monoisotopic (exact) mass is 657 g/mol. The lowest BCUT2D eigenvalue weighted by atomic mass is 10.0. The number of fused-ring (bicyclic) bond motifs is 1. The van der Waals surface area contributed by atoms with Crippen LogP contribution in [0.15, 0.2) is 66.7 Å². The molecule has 1 atom stereocenters. The summed E-state index contributed by atoms with van der Waals surface area (Å²) in [5.41, 5.74) is -0.525. The Morgan fingerprint density at radius 3 is 2.11 bits per heavy atom. The van der Waals surface area contributed by atoms with Gasteiger partial charge < -0.3 is 13.7 Å². The maximum Gasteiger partial charge on any atom is 0.514 e. The van der Waals surface area contributed by atoms with Crippen LogP contribution in [-0.4, -0.2) is 54.3 Å². The zero-order chi connectivity index (χ0) is 33.6. The zero-order valence-electron chi connectivity index (χ0n) is 24.4. The summed E-state index contributed by atoms with van der Waals surface area (Å²) in [6.07, 6.45) is -2.53. The van der Waals surface area contributed by atoms with Gasteiger partial charge in [0, 0.05) is 24.7 Å². The molecule has 1 heterocycles. The van der Waals surface area contributed by atoms with Gasteiger partial charge in [-0.15, -0.1) is 0 Å². The minimum atomic E-state index is -4.66. The van der Waals surface area contributed by atoms with Gasteiger partial charge in [-0.3, -0.25) is 34.7 Å². The van der Waals surface area contributed by atoms with E-state index in [1.807, 2.05) is 0 Å². The Morgan fingerprint density at radius 1 is 0.913 bits per heavy atom. The van der Waals surface area contributed by atoms with Crippen molar-refractivity contribution in [2.45, 2.75) is 32.8 Å². The first kappa shape index (κ1) is 33.5. The van der Waals surface area contributed by atoms with Crippen LogP contribution in [0.4, 0.5) is 16.2 Å². The normalized spacial score (nSPS) is 13.3. The van der Waals surface area contributed by atoms with Crippen molar-refractivity contribution in [2.24, 2.45) is 5.92 Å². The van der Waals surface area contributed by atoms with E-state index in [0.29, 0.717) is 0 Å². The van der Waals surface area contributed by atoms with Gasteiger partial charge in [0.15, 0.2) is 0 Å². The highest BCUT2D eigenvalue weighted by molar-refractivity contribution is 7.82. The molecule has 0 N–H and O–H groups in total. The molecule has 0 bridgehead atoms. The summed E-state index contributed by atoms with van der Waals surface area (Å²) in [4.78, 5) is 60.5. The van der Waals surface area contributed by atoms with Crippen molar-refractivity contribution in [3.63, 3.8) is 0 Å². The fourth-order valence-electron chi connectivity index (χ4n) is 4.34. The van der Waals surface area contributed by atoms with E-state index >= 15 is 0 Å². The summed E-state index contributed by atoms with van der Waals surface area (Å²) >= 11 is 0. The van der Waals surface area contributed by atoms with Crippen molar-refractivity contribution in [1.82, 2.24) is 4.90 Å². The Labute approximate surface area is 262 Å². The van der Waals surface area contributed by atoms with Crippen LogP contribution < -0.4 is 8.92 Å². The average molecular weight is 658 g/mol. The van der Waals surface area contributed by atoms with Crippen LogP contribution in [-0.2, 0) is 19.3 Å². The molecule has 46 heavy (non-hydrogen) atoms. The number of ether oxygens (including phenoxy) is 2. The van der Waals surface area contributed by atoms with E-state index in [1.165, 1.54) is 18.2 Å². The Morgan fingerprint density at radius 2 is 1.54 bits per heavy atom. The molecule has 3 aromatic carbocycles. The SMILES string of the molecule is CC(C)COS(=O)(=O)Oc1ccc(C(CCCN2C(=O)c3ccccc3C2=O)OC(=O)Oc2ccc([N+](=O)[O-])cc2)cc1[N+](=O)[O-]. The summed E-state index contributed by atoms with van der Waals surface area (Å²) in [6.45, 7) is 3.06. The highest BCUT2D eigenvalue weighted by Gasteiger charge is 2.35. The third-order valence-corrected chi connectivity index (χ3v) is 7.31. The molecule has 0 aliphatic carbocycles. The lowest BCUT2D eigenvalue weighted by Crippen LogP contribution is -2.31. The molecule has 4 rings (SSSR count). The number of amides is 2. The second kappa shape index (κ2) is 14.1. The van der Waals surface area contributed by atoms with E-state index in [2.05, 4.69) is 0 Å². The molecule has 242 valence electrons. The van der Waals surface area contributed by atoms with E-state index in [1.54, 1.807) is 26.0 Å². The molecule has 0 radical (unpaired) electrons. The number of non-ortho nitro benzene ring substituents is 1. The second-order valence-electron chi connectivity index (χ2n) is 10.3. The number of benzene rings is 3. The van der Waals surface area contributed by atoms with Crippen molar-refractivity contribution in [2.75, 3.05) is 13.2 Å². The van der Waals surface area contributed by atoms with Crippen LogP contribution in [0.25, 0.3) is 0 Å². The number of nitro groups is 2. The third-order valence-electron chi connectivity index (χ3n) is 6.50. The van der Waals surface area contributed by atoms with Crippen LogP contribution in [0, 0.1) is 26.1 Å². The fourth-order valence-corrected chi connectivity index (χ4v) is 5.19. The molecule has 16 nitrogen and oxygen atoms in total. The minimum absolute atomic E-state index is 0.0301. The fraction of sp³-hybridized carbons (Fsp3) is 0.276. The summed E-state index contributed by atoms with van der Waals surface area (Å²) in [7, 11) is -4.66. The molecule has 1 unspecified atom stereocenters. The zero-order valence-corrected chi connectivity index (χ0v) is 25.2. The molecule has 1 aliphatic rings. The van der Waals surface area contributed by atoms with E-state index in [-0.39, 0.29) is 60.0 Å². The van der Waals surface area contributed by atoms with Crippen molar-refractivity contribution < 1.29 is 50.5 Å². The number of imide groups is 1. The van der Waals surface area contributed by atoms with E-state index in [4.69, 9.17) is 17.8 Å². The van der Waals surface area contributed by atoms with Gasteiger partial charge in [-0.25, -0.2) is 8.98 Å². The number of rotatable bonds is 14. The van der Waals surface area contributed by atoms with Gasteiger partial charge in [-0.1, -0.05) is 32.0 Å². The van der Waals surface area contributed by atoms with Crippen molar-refractivity contribution >= 4 is 39.7 Å². The minimum Gasteiger partial charge on any atom is -0.426 e. The molecule has 2 amide bonds.